The van der Waals surface area contributed by atoms with Crippen LogP contribution in [0, 0.1) is 0 Å². The lowest BCUT2D eigenvalue weighted by atomic mass is 10.3. The highest BCUT2D eigenvalue weighted by atomic mass is 35.5. The Morgan fingerprint density at radius 3 is 2.79 bits per heavy atom. The number of imidazole rings is 1. The highest BCUT2D eigenvalue weighted by Crippen LogP contribution is 2.27. The van der Waals surface area contributed by atoms with Gasteiger partial charge in [0, 0.05) is 18.8 Å². The molecule has 0 unspecified atom stereocenters. The van der Waals surface area contributed by atoms with Crippen molar-refractivity contribution in [3.8, 4) is 5.75 Å². The third-order valence-electron chi connectivity index (χ3n) is 2.45. The van der Waals surface area contributed by atoms with E-state index in [-0.39, 0.29) is 21.5 Å². The summed E-state index contributed by atoms with van der Waals surface area (Å²) in [7, 11) is -3.77. The molecule has 0 bridgehead atoms. The summed E-state index contributed by atoms with van der Waals surface area (Å²) in [5.41, 5.74) is 0.216. The second kappa shape index (κ2) is 5.10. The maximum absolute atomic E-state index is 12.0. The summed E-state index contributed by atoms with van der Waals surface area (Å²) in [5, 5.41) is 9.49. The van der Waals surface area contributed by atoms with Crippen LogP contribution in [0.1, 0.15) is 6.92 Å². The van der Waals surface area contributed by atoms with E-state index in [0.717, 1.165) is 0 Å². The van der Waals surface area contributed by atoms with Gasteiger partial charge in [0.15, 0.2) is 5.03 Å². The number of rotatable bonds is 4. The van der Waals surface area contributed by atoms with Gasteiger partial charge in [-0.2, -0.15) is 8.42 Å². The van der Waals surface area contributed by atoms with Crippen molar-refractivity contribution >= 4 is 27.3 Å². The monoisotopic (exact) mass is 301 g/mol. The number of nitrogens with one attached hydrogen (secondary N) is 1. The van der Waals surface area contributed by atoms with Crippen molar-refractivity contribution < 1.29 is 13.5 Å². The Labute approximate surface area is 115 Å². The molecule has 102 valence electrons. The van der Waals surface area contributed by atoms with E-state index in [9.17, 15) is 13.5 Å². The van der Waals surface area contributed by atoms with Crippen LogP contribution in [0.15, 0.2) is 35.7 Å². The molecule has 0 fully saturated rings. The van der Waals surface area contributed by atoms with Crippen LogP contribution < -0.4 is 4.72 Å². The molecular weight excluding hydrogens is 290 g/mol. The van der Waals surface area contributed by atoms with Crippen LogP contribution in [0.4, 0.5) is 5.69 Å². The molecule has 0 amide bonds. The van der Waals surface area contributed by atoms with E-state index in [0.29, 0.717) is 6.54 Å². The summed E-state index contributed by atoms with van der Waals surface area (Å²) in [5.74, 6) is -0.194. The maximum Gasteiger partial charge on any atom is 0.280 e. The van der Waals surface area contributed by atoms with Crippen LogP contribution in [-0.4, -0.2) is 23.1 Å². The highest BCUT2D eigenvalue weighted by molar-refractivity contribution is 7.92. The van der Waals surface area contributed by atoms with Crippen molar-refractivity contribution in [1.29, 1.82) is 0 Å². The van der Waals surface area contributed by atoms with Crippen LogP contribution in [0.5, 0.6) is 5.75 Å². The zero-order chi connectivity index (χ0) is 14.0. The van der Waals surface area contributed by atoms with Gasteiger partial charge < -0.3 is 9.67 Å². The maximum atomic E-state index is 12.0. The van der Waals surface area contributed by atoms with Crippen molar-refractivity contribution in [1.82, 2.24) is 9.55 Å². The number of hydrogen-bond acceptors (Lipinski definition) is 4. The Balaban J connectivity index is 2.28. The van der Waals surface area contributed by atoms with E-state index >= 15 is 0 Å². The standard InChI is InChI=1S/C11H12ClN3O3S/c1-2-15-6-11(13-7-15)19(17,18)14-8-3-4-9(12)10(16)5-8/h3-7,14,16H,2H2,1H3. The molecule has 2 N–H and O–H groups in total. The van der Waals surface area contributed by atoms with Gasteiger partial charge in [-0.3, -0.25) is 4.72 Å². The first kappa shape index (κ1) is 13.7. The van der Waals surface area contributed by atoms with Gasteiger partial charge in [0.2, 0.25) is 0 Å². The summed E-state index contributed by atoms with van der Waals surface area (Å²) in [4.78, 5) is 3.82. The number of benzene rings is 1. The molecular formula is C11H12ClN3O3S. The van der Waals surface area contributed by atoms with Gasteiger partial charge in [-0.1, -0.05) is 11.6 Å². The molecule has 6 nitrogen and oxygen atoms in total. The molecule has 0 radical (unpaired) electrons. The van der Waals surface area contributed by atoms with Crippen LogP contribution in [-0.2, 0) is 16.6 Å². The van der Waals surface area contributed by atoms with Crippen molar-refractivity contribution in [2.24, 2.45) is 0 Å². The fourth-order valence-corrected chi connectivity index (χ4v) is 2.55. The topological polar surface area (TPSA) is 84.2 Å². The molecule has 0 aliphatic carbocycles. The summed E-state index contributed by atoms with van der Waals surface area (Å²) in [6, 6.07) is 4.09. The summed E-state index contributed by atoms with van der Waals surface area (Å²) >= 11 is 5.65. The Kier molecular flexibility index (Phi) is 3.68. The van der Waals surface area contributed by atoms with Crippen LogP contribution >= 0.6 is 11.6 Å². The molecule has 19 heavy (non-hydrogen) atoms. The number of aryl methyl sites for hydroxylation is 1. The third-order valence-corrected chi connectivity index (χ3v) is 4.03. The van der Waals surface area contributed by atoms with E-state index in [2.05, 4.69) is 9.71 Å². The van der Waals surface area contributed by atoms with E-state index in [1.165, 1.54) is 30.7 Å². The molecule has 0 saturated heterocycles. The molecule has 2 rings (SSSR count). The summed E-state index contributed by atoms with van der Waals surface area (Å²) < 4.78 is 28.0. The number of sulfonamides is 1. The number of anilines is 1. The van der Waals surface area contributed by atoms with Crippen LogP contribution in [0.3, 0.4) is 0 Å². The van der Waals surface area contributed by atoms with Crippen molar-refractivity contribution in [3.05, 3.63) is 35.7 Å². The first-order valence-electron chi connectivity index (χ1n) is 5.45. The van der Waals surface area contributed by atoms with E-state index in [1.54, 1.807) is 4.57 Å². The van der Waals surface area contributed by atoms with Crippen molar-refractivity contribution in [3.63, 3.8) is 0 Å². The zero-order valence-electron chi connectivity index (χ0n) is 10.0. The molecule has 1 aromatic carbocycles. The smallest absolute Gasteiger partial charge is 0.280 e. The largest absolute Gasteiger partial charge is 0.506 e. The predicted octanol–water partition coefficient (Wildman–Crippen LogP) is 2.06. The molecule has 0 atom stereocenters. The number of aromatic nitrogens is 2. The Morgan fingerprint density at radius 1 is 1.47 bits per heavy atom. The van der Waals surface area contributed by atoms with E-state index < -0.39 is 10.0 Å². The van der Waals surface area contributed by atoms with Gasteiger partial charge in [-0.25, -0.2) is 4.98 Å². The third kappa shape index (κ3) is 2.99. The first-order valence-corrected chi connectivity index (χ1v) is 7.31. The second-order valence-electron chi connectivity index (χ2n) is 3.81. The number of phenolic OH excluding ortho intramolecular Hbond substituents is 1. The highest BCUT2D eigenvalue weighted by Gasteiger charge is 2.17. The number of aromatic hydroxyl groups is 1. The molecule has 0 aliphatic rings. The molecule has 0 spiro atoms. The van der Waals surface area contributed by atoms with Crippen molar-refractivity contribution in [2.75, 3.05) is 4.72 Å². The van der Waals surface area contributed by atoms with E-state index in [1.807, 2.05) is 6.92 Å². The SMILES string of the molecule is CCn1cnc(S(=O)(=O)Nc2ccc(Cl)c(O)c2)c1. The number of phenols is 1. The fraction of sp³-hybridized carbons (Fsp3) is 0.182. The molecule has 2 aromatic rings. The molecule has 8 heteroatoms. The first-order chi connectivity index (χ1) is 8.92. The Bertz CT molecular complexity index is 697. The zero-order valence-corrected chi connectivity index (χ0v) is 11.6. The minimum Gasteiger partial charge on any atom is -0.506 e. The molecule has 1 aromatic heterocycles. The van der Waals surface area contributed by atoms with Gasteiger partial charge in [-0.05, 0) is 19.1 Å². The van der Waals surface area contributed by atoms with Gasteiger partial charge in [-0.15, -0.1) is 0 Å². The van der Waals surface area contributed by atoms with Crippen molar-refractivity contribution in [2.45, 2.75) is 18.5 Å². The van der Waals surface area contributed by atoms with Crippen LogP contribution in [0.2, 0.25) is 5.02 Å². The number of hydrogen-bond donors (Lipinski definition) is 2. The van der Waals surface area contributed by atoms with Gasteiger partial charge in [0.25, 0.3) is 10.0 Å². The molecule has 0 aliphatic heterocycles. The van der Waals surface area contributed by atoms with Gasteiger partial charge in [0.05, 0.1) is 17.0 Å². The number of nitrogens with zero attached hydrogens (tertiary/aromatic N) is 2. The van der Waals surface area contributed by atoms with E-state index in [4.69, 9.17) is 11.6 Å². The summed E-state index contributed by atoms with van der Waals surface area (Å²) in [6.45, 7) is 2.51. The fourth-order valence-electron chi connectivity index (χ4n) is 1.43. The molecule has 1 heterocycles. The number of halogens is 1. The van der Waals surface area contributed by atoms with Gasteiger partial charge >= 0.3 is 0 Å². The Hall–Kier alpha value is -1.73. The minimum absolute atomic E-state index is 0.0798. The average molecular weight is 302 g/mol. The normalized spacial score (nSPS) is 11.5. The predicted molar refractivity (Wildman–Crippen MR) is 71.8 cm³/mol. The summed E-state index contributed by atoms with van der Waals surface area (Å²) in [6.07, 6.45) is 2.87. The molecule has 0 saturated carbocycles. The lowest BCUT2D eigenvalue weighted by molar-refractivity contribution is 0.476. The lowest BCUT2D eigenvalue weighted by Crippen LogP contribution is -2.13. The minimum atomic E-state index is -3.77. The van der Waals surface area contributed by atoms with Crippen LogP contribution in [0.25, 0.3) is 0 Å². The van der Waals surface area contributed by atoms with Gasteiger partial charge in [0.1, 0.15) is 5.75 Å². The lowest BCUT2D eigenvalue weighted by Gasteiger charge is -2.06. The quantitative estimate of drug-likeness (QED) is 0.905. The average Bonchev–Trinajstić information content (AvgIpc) is 2.83. The Morgan fingerprint density at radius 2 is 2.21 bits per heavy atom. The second-order valence-corrected chi connectivity index (χ2v) is 5.85.